The number of hydrogen-bond donors (Lipinski definition) is 3. The van der Waals surface area contributed by atoms with Crippen LogP contribution in [0.3, 0.4) is 0 Å². The Bertz CT molecular complexity index is 1760. The molecule has 0 spiro atoms. The lowest BCUT2D eigenvalue weighted by Gasteiger charge is -2.41. The van der Waals surface area contributed by atoms with E-state index in [0.717, 1.165) is 17.5 Å². The first-order chi connectivity index (χ1) is 29.9. The molecule has 0 aliphatic carbocycles. The van der Waals surface area contributed by atoms with Gasteiger partial charge < -0.3 is 35.0 Å². The number of amides is 4. The van der Waals surface area contributed by atoms with Gasteiger partial charge in [0, 0.05) is 34.2 Å². The Kier molecular flexibility index (Phi) is 22.0. The molecular weight excluding hydrogens is 799 g/mol. The minimum Gasteiger partial charge on any atom is -0.481 e. The van der Waals surface area contributed by atoms with Crippen molar-refractivity contribution in [3.8, 4) is 0 Å². The van der Waals surface area contributed by atoms with Gasteiger partial charge in [0.15, 0.2) is 0 Å². The second-order valence-corrected chi connectivity index (χ2v) is 18.1. The molecule has 9 atom stereocenters. The zero-order valence-corrected chi connectivity index (χ0v) is 39.8. The summed E-state index contributed by atoms with van der Waals surface area (Å²) >= 11 is 0. The van der Waals surface area contributed by atoms with E-state index in [-0.39, 0.29) is 66.3 Å². The monoisotopic (exact) mass is 876 g/mol. The van der Waals surface area contributed by atoms with E-state index in [1.54, 1.807) is 33.2 Å². The smallest absolute Gasteiger partial charge is 0.303 e. The van der Waals surface area contributed by atoms with Crippen molar-refractivity contribution in [1.82, 2.24) is 25.3 Å². The molecule has 3 rings (SSSR count). The van der Waals surface area contributed by atoms with Crippen molar-refractivity contribution < 1.29 is 38.6 Å². The summed E-state index contributed by atoms with van der Waals surface area (Å²) in [6.07, 6.45) is 5.97. The van der Waals surface area contributed by atoms with E-state index >= 15 is 0 Å². The molecule has 13 heteroatoms. The molecular formula is C50H77N5O8. The average Bonchev–Trinajstić information content (AvgIpc) is 3.74. The van der Waals surface area contributed by atoms with Crippen LogP contribution in [0.1, 0.15) is 98.1 Å². The third-order valence-electron chi connectivity index (χ3n) is 12.7. The Labute approximate surface area is 377 Å². The first-order valence-corrected chi connectivity index (χ1v) is 22.9. The fraction of sp³-hybridized carbons (Fsp3) is 0.620. The molecule has 2 aromatic rings. The molecule has 1 heterocycles. The normalized spacial score (nSPS) is 18.1. The second kappa shape index (κ2) is 26.3. The first kappa shape index (κ1) is 52.8. The van der Waals surface area contributed by atoms with E-state index in [1.807, 2.05) is 131 Å². The van der Waals surface area contributed by atoms with Crippen molar-refractivity contribution in [2.75, 3.05) is 41.4 Å². The summed E-state index contributed by atoms with van der Waals surface area (Å²) in [5, 5.41) is 15.4. The number of nitrogens with zero attached hydrogens (tertiary/aromatic N) is 3. The predicted molar refractivity (Wildman–Crippen MR) is 249 cm³/mol. The summed E-state index contributed by atoms with van der Waals surface area (Å²) in [5.74, 6) is -2.76. The Morgan fingerprint density at radius 3 is 2.06 bits per heavy atom. The number of ether oxygens (including phenoxy) is 2. The van der Waals surface area contributed by atoms with E-state index < -0.39 is 42.2 Å². The van der Waals surface area contributed by atoms with E-state index in [4.69, 9.17) is 14.6 Å². The number of carbonyl (C=O) groups excluding carboxylic acids is 4. The lowest BCUT2D eigenvalue weighted by atomic mass is 9.89. The Balaban J connectivity index is 1.79. The fourth-order valence-electron chi connectivity index (χ4n) is 9.05. The van der Waals surface area contributed by atoms with Crippen LogP contribution in [0.2, 0.25) is 0 Å². The Hall–Kier alpha value is -4.59. The second-order valence-electron chi connectivity index (χ2n) is 18.1. The third-order valence-corrected chi connectivity index (χ3v) is 12.7. The third kappa shape index (κ3) is 15.6. The van der Waals surface area contributed by atoms with E-state index in [9.17, 15) is 24.0 Å². The van der Waals surface area contributed by atoms with Crippen molar-refractivity contribution in [2.24, 2.45) is 23.7 Å². The zero-order chi connectivity index (χ0) is 46.8. The van der Waals surface area contributed by atoms with Gasteiger partial charge in [0.25, 0.3) is 0 Å². The quantitative estimate of drug-likeness (QED) is 0.0986. The highest BCUT2D eigenvalue weighted by molar-refractivity contribution is 5.90. The maximum absolute atomic E-state index is 14.5. The van der Waals surface area contributed by atoms with Crippen LogP contribution in [0.15, 0.2) is 66.7 Å². The van der Waals surface area contributed by atoms with Crippen molar-refractivity contribution in [3.05, 3.63) is 77.9 Å². The standard InChI is InChI=1S/C50H77N5O8/c1-12-35(6)46(54(9)50(61)44(33(2)3)52-49(60)45(34(4)5)53(8)29-20-26-43(57)58)41(62-10)32-42(56)55-30-19-25-40(55)47(63-11)36(7)48(59)51-39(31-38-23-17-14-18-24-38)28-27-37-21-15-13-16-22-37/h13-18,21-24,27-28,33-36,39-41,44-47H,12,19-20,25-26,29-32H2,1-11H3,(H,51,59)(H,52,60)(H,57,58)/b28-27+/t35-,36+,39?,40-,41+,44-,45-,46?,47+/m0/s1. The van der Waals surface area contributed by atoms with Gasteiger partial charge in [0.2, 0.25) is 23.6 Å². The number of carbonyl (C=O) groups is 5. The maximum Gasteiger partial charge on any atom is 0.303 e. The largest absolute Gasteiger partial charge is 0.481 e. The van der Waals surface area contributed by atoms with Crippen molar-refractivity contribution >= 4 is 35.7 Å². The number of benzene rings is 2. The van der Waals surface area contributed by atoms with Gasteiger partial charge in [0.1, 0.15) is 6.04 Å². The molecule has 350 valence electrons. The van der Waals surface area contributed by atoms with Gasteiger partial charge in [-0.05, 0) is 68.2 Å². The van der Waals surface area contributed by atoms with Crippen LogP contribution in [-0.2, 0) is 39.9 Å². The van der Waals surface area contributed by atoms with E-state index in [0.29, 0.717) is 38.8 Å². The van der Waals surface area contributed by atoms with Gasteiger partial charge in [-0.2, -0.15) is 0 Å². The number of aliphatic carboxylic acids is 1. The zero-order valence-electron chi connectivity index (χ0n) is 39.8. The summed E-state index contributed by atoms with van der Waals surface area (Å²) in [4.78, 5) is 73.3. The molecule has 0 saturated carbocycles. The number of likely N-dealkylation sites (N-methyl/N-ethyl adjacent to an activating group) is 2. The summed E-state index contributed by atoms with van der Waals surface area (Å²) in [5.41, 5.74) is 2.13. The number of carboxylic acids is 1. The number of rotatable bonds is 26. The molecule has 4 amide bonds. The maximum atomic E-state index is 14.5. The van der Waals surface area contributed by atoms with Gasteiger partial charge in [-0.15, -0.1) is 0 Å². The molecule has 1 aliphatic heterocycles. The van der Waals surface area contributed by atoms with Crippen LogP contribution in [0.4, 0.5) is 0 Å². The summed E-state index contributed by atoms with van der Waals surface area (Å²) in [6.45, 7) is 14.5. The van der Waals surface area contributed by atoms with Gasteiger partial charge in [0.05, 0.1) is 48.7 Å². The number of carboxylic acid groups (broad SMARTS) is 1. The molecule has 2 aromatic carbocycles. The van der Waals surface area contributed by atoms with Gasteiger partial charge in [-0.25, -0.2) is 0 Å². The highest BCUT2D eigenvalue weighted by Crippen LogP contribution is 2.30. The molecule has 3 N–H and O–H groups in total. The number of hydrogen-bond acceptors (Lipinski definition) is 8. The fourth-order valence-corrected chi connectivity index (χ4v) is 9.05. The molecule has 13 nitrogen and oxygen atoms in total. The van der Waals surface area contributed by atoms with Crippen LogP contribution >= 0.6 is 0 Å². The topological polar surface area (TPSA) is 158 Å². The molecule has 0 aromatic heterocycles. The number of nitrogens with one attached hydrogen (secondary N) is 2. The van der Waals surface area contributed by atoms with Gasteiger partial charge in [-0.3, -0.25) is 28.9 Å². The highest BCUT2D eigenvalue weighted by Gasteiger charge is 2.43. The minimum atomic E-state index is -0.889. The van der Waals surface area contributed by atoms with E-state index in [1.165, 1.54) is 0 Å². The van der Waals surface area contributed by atoms with Crippen molar-refractivity contribution in [2.45, 2.75) is 136 Å². The SMILES string of the molecule is CC[C@H](C)C([C@@H](CC(=O)N1CCC[C@H]1[C@H](OC)[C@@H](C)C(=O)NC(/C=C/c1ccccc1)Cc1ccccc1)OC)N(C)C(=O)[C@@H](NC(=O)[C@H](C(C)C)N(C)CCCC(=O)O)C(C)C. The molecule has 2 unspecified atom stereocenters. The molecule has 0 bridgehead atoms. The summed E-state index contributed by atoms with van der Waals surface area (Å²) in [7, 11) is 6.67. The van der Waals surface area contributed by atoms with Crippen LogP contribution in [0.25, 0.3) is 6.08 Å². The molecule has 1 aliphatic rings. The van der Waals surface area contributed by atoms with Crippen LogP contribution in [-0.4, -0.2) is 133 Å². The molecule has 63 heavy (non-hydrogen) atoms. The Morgan fingerprint density at radius 1 is 0.873 bits per heavy atom. The van der Waals surface area contributed by atoms with Crippen molar-refractivity contribution in [3.63, 3.8) is 0 Å². The summed E-state index contributed by atoms with van der Waals surface area (Å²) < 4.78 is 12.2. The lowest BCUT2D eigenvalue weighted by molar-refractivity contribution is -0.148. The van der Waals surface area contributed by atoms with Crippen LogP contribution in [0, 0.1) is 23.7 Å². The average molecular weight is 876 g/mol. The van der Waals surface area contributed by atoms with E-state index in [2.05, 4.69) is 10.6 Å². The number of likely N-dealkylation sites (tertiary alicyclic amines) is 1. The highest BCUT2D eigenvalue weighted by atomic mass is 16.5. The lowest BCUT2D eigenvalue weighted by Crippen LogP contribution is -2.60. The van der Waals surface area contributed by atoms with Gasteiger partial charge in [-0.1, -0.05) is 128 Å². The van der Waals surface area contributed by atoms with Crippen molar-refractivity contribution in [1.29, 1.82) is 0 Å². The predicted octanol–water partition coefficient (Wildman–Crippen LogP) is 6.31. The minimum absolute atomic E-state index is 0.000372. The van der Waals surface area contributed by atoms with Crippen LogP contribution in [0.5, 0.6) is 0 Å². The first-order valence-electron chi connectivity index (χ1n) is 22.9. The molecule has 0 radical (unpaired) electrons. The van der Waals surface area contributed by atoms with Crippen LogP contribution < -0.4 is 10.6 Å². The van der Waals surface area contributed by atoms with Gasteiger partial charge >= 0.3 is 5.97 Å². The summed E-state index contributed by atoms with van der Waals surface area (Å²) in [6, 6.07) is 17.5. The number of methoxy groups -OCH3 is 2. The molecule has 1 saturated heterocycles. The molecule has 1 fully saturated rings. The Morgan fingerprint density at radius 2 is 1.51 bits per heavy atom.